The van der Waals surface area contributed by atoms with Crippen LogP contribution in [0.1, 0.15) is 41.0 Å². The van der Waals surface area contributed by atoms with Crippen LogP contribution in [0, 0.1) is 0 Å². The summed E-state index contributed by atoms with van der Waals surface area (Å²) in [5.41, 5.74) is 2.70. The maximum absolute atomic E-state index is 13.0. The van der Waals surface area contributed by atoms with Crippen molar-refractivity contribution in [1.29, 1.82) is 0 Å². The highest BCUT2D eigenvalue weighted by Crippen LogP contribution is 2.28. The molecule has 0 aliphatic carbocycles. The number of thiophene rings is 1. The molecule has 0 saturated carbocycles. The van der Waals surface area contributed by atoms with Gasteiger partial charge in [0, 0.05) is 34.8 Å². The van der Waals surface area contributed by atoms with Crippen molar-refractivity contribution < 1.29 is 4.79 Å². The van der Waals surface area contributed by atoms with E-state index < -0.39 is 0 Å². The lowest BCUT2D eigenvalue weighted by atomic mass is 10.1. The van der Waals surface area contributed by atoms with Crippen LogP contribution in [0.3, 0.4) is 0 Å². The Balaban J connectivity index is 1.33. The average Bonchev–Trinajstić information content (AvgIpc) is 3.53. The molecule has 4 aromatic rings. The fourth-order valence-electron chi connectivity index (χ4n) is 3.58. The number of aromatic nitrogens is 4. The fraction of sp³-hybridized carbons (Fsp3) is 0.273. The van der Waals surface area contributed by atoms with Crippen molar-refractivity contribution in [2.75, 3.05) is 6.54 Å². The molecule has 5 rings (SSSR count). The van der Waals surface area contributed by atoms with Crippen LogP contribution < -0.4 is 0 Å². The third-order valence-corrected chi connectivity index (χ3v) is 7.29. The predicted molar refractivity (Wildman–Crippen MR) is 120 cm³/mol. The molecule has 1 amide bonds. The van der Waals surface area contributed by atoms with Gasteiger partial charge >= 0.3 is 0 Å². The number of carbonyl (C=O) groups excluding carboxylic acids is 1. The molecule has 6 nitrogen and oxygen atoms in total. The predicted octanol–water partition coefficient (Wildman–Crippen LogP) is 4.91. The molecule has 1 aliphatic rings. The zero-order valence-corrected chi connectivity index (χ0v) is 18.4. The molecule has 0 unspecified atom stereocenters. The molecule has 0 saturated heterocycles. The van der Waals surface area contributed by atoms with Gasteiger partial charge < -0.3 is 9.47 Å². The van der Waals surface area contributed by atoms with Crippen LogP contribution in [0.5, 0.6) is 0 Å². The van der Waals surface area contributed by atoms with Gasteiger partial charge in [0.25, 0.3) is 5.91 Å². The largest absolute Gasteiger partial charge is 0.329 e. The number of rotatable bonds is 4. The molecular formula is C22H21N5OS2. The summed E-state index contributed by atoms with van der Waals surface area (Å²) in [6.45, 7) is 6.03. The van der Waals surface area contributed by atoms with Gasteiger partial charge in [-0.15, -0.1) is 32.9 Å². The smallest absolute Gasteiger partial charge is 0.254 e. The Morgan fingerprint density at radius 3 is 2.60 bits per heavy atom. The molecule has 0 atom stereocenters. The number of benzene rings is 1. The first-order valence-corrected chi connectivity index (χ1v) is 11.7. The zero-order valence-electron chi connectivity index (χ0n) is 16.8. The highest BCUT2D eigenvalue weighted by molar-refractivity contribution is 7.13. The first kappa shape index (κ1) is 19.1. The summed E-state index contributed by atoms with van der Waals surface area (Å²) < 4.78 is 2.09. The summed E-state index contributed by atoms with van der Waals surface area (Å²) in [6, 6.07) is 12.0. The Morgan fingerprint density at radius 2 is 1.90 bits per heavy atom. The second-order valence-corrected chi connectivity index (χ2v) is 9.44. The highest BCUT2D eigenvalue weighted by Gasteiger charge is 2.26. The highest BCUT2D eigenvalue weighted by atomic mass is 32.1. The van der Waals surface area contributed by atoms with E-state index in [1.807, 2.05) is 40.6 Å². The van der Waals surface area contributed by atoms with Crippen LogP contribution >= 0.6 is 22.7 Å². The molecule has 0 fully saturated rings. The molecule has 0 spiro atoms. The maximum atomic E-state index is 13.0. The maximum Gasteiger partial charge on any atom is 0.254 e. The third kappa shape index (κ3) is 3.46. The number of hydrogen-bond acceptors (Lipinski definition) is 6. The van der Waals surface area contributed by atoms with Crippen LogP contribution in [-0.4, -0.2) is 37.1 Å². The van der Waals surface area contributed by atoms with Crippen molar-refractivity contribution in [3.8, 4) is 22.0 Å². The van der Waals surface area contributed by atoms with Crippen molar-refractivity contribution in [3.63, 3.8) is 0 Å². The Labute approximate surface area is 182 Å². The number of thiazole rings is 1. The van der Waals surface area contributed by atoms with E-state index in [0.717, 1.165) is 27.9 Å². The first-order chi connectivity index (χ1) is 14.6. The second-order valence-electron chi connectivity index (χ2n) is 7.60. The molecule has 1 aromatic carbocycles. The van der Waals surface area contributed by atoms with Crippen molar-refractivity contribution >= 4 is 28.6 Å². The van der Waals surface area contributed by atoms with Crippen LogP contribution in [0.25, 0.3) is 22.0 Å². The van der Waals surface area contributed by atoms with Crippen LogP contribution in [-0.2, 0) is 13.1 Å². The van der Waals surface area contributed by atoms with E-state index in [2.05, 4.69) is 40.1 Å². The number of amides is 1. The Bertz CT molecular complexity index is 1170. The Kier molecular flexibility index (Phi) is 4.96. The van der Waals surface area contributed by atoms with E-state index in [4.69, 9.17) is 4.98 Å². The molecule has 8 heteroatoms. The zero-order chi connectivity index (χ0) is 20.7. The van der Waals surface area contributed by atoms with Crippen molar-refractivity contribution in [2.45, 2.75) is 32.9 Å². The number of nitrogens with zero attached hydrogens (tertiary/aromatic N) is 5. The van der Waals surface area contributed by atoms with E-state index in [0.29, 0.717) is 31.1 Å². The van der Waals surface area contributed by atoms with E-state index >= 15 is 0 Å². The lowest BCUT2D eigenvalue weighted by Gasteiger charge is -2.27. The quantitative estimate of drug-likeness (QED) is 0.457. The Morgan fingerprint density at radius 1 is 1.07 bits per heavy atom. The van der Waals surface area contributed by atoms with Gasteiger partial charge in [0.1, 0.15) is 5.69 Å². The minimum absolute atomic E-state index is 0.0271. The van der Waals surface area contributed by atoms with Gasteiger partial charge in [0.15, 0.2) is 11.6 Å². The van der Waals surface area contributed by atoms with Crippen molar-refractivity contribution in [1.82, 2.24) is 24.6 Å². The molecule has 4 heterocycles. The summed E-state index contributed by atoms with van der Waals surface area (Å²) in [7, 11) is 0. The number of hydrogen-bond donors (Lipinski definition) is 0. The van der Waals surface area contributed by atoms with Crippen molar-refractivity contribution in [2.24, 2.45) is 0 Å². The normalized spacial score (nSPS) is 13.6. The molecular weight excluding hydrogens is 414 g/mol. The lowest BCUT2D eigenvalue weighted by Crippen LogP contribution is -2.38. The van der Waals surface area contributed by atoms with E-state index in [1.165, 1.54) is 4.88 Å². The summed E-state index contributed by atoms with van der Waals surface area (Å²) in [6.07, 6.45) is 0. The summed E-state index contributed by atoms with van der Waals surface area (Å²) >= 11 is 3.35. The van der Waals surface area contributed by atoms with Crippen LogP contribution in [0.2, 0.25) is 0 Å². The van der Waals surface area contributed by atoms with Gasteiger partial charge in [0.2, 0.25) is 0 Å². The summed E-state index contributed by atoms with van der Waals surface area (Å²) in [5, 5.41) is 13.9. The van der Waals surface area contributed by atoms with E-state index in [9.17, 15) is 4.79 Å². The monoisotopic (exact) mass is 435 g/mol. The third-order valence-electron chi connectivity index (χ3n) is 5.22. The van der Waals surface area contributed by atoms with E-state index in [-0.39, 0.29) is 5.91 Å². The Hall–Kier alpha value is -2.84. The fourth-order valence-corrected chi connectivity index (χ4v) is 5.13. The topological polar surface area (TPSA) is 63.9 Å². The van der Waals surface area contributed by atoms with Gasteiger partial charge in [0.05, 0.1) is 11.6 Å². The molecule has 0 bridgehead atoms. The van der Waals surface area contributed by atoms with Gasteiger partial charge in [-0.2, -0.15) is 0 Å². The summed E-state index contributed by atoms with van der Waals surface area (Å²) in [4.78, 5) is 20.8. The lowest BCUT2D eigenvalue weighted by molar-refractivity contribution is 0.0708. The van der Waals surface area contributed by atoms with Gasteiger partial charge in [-0.05, 0) is 29.1 Å². The van der Waals surface area contributed by atoms with Crippen LogP contribution in [0.4, 0.5) is 0 Å². The van der Waals surface area contributed by atoms with Crippen molar-refractivity contribution in [3.05, 3.63) is 63.6 Å². The van der Waals surface area contributed by atoms with E-state index in [1.54, 1.807) is 22.7 Å². The molecule has 0 N–H and O–H groups in total. The number of fused-ring (bicyclic) bond motifs is 1. The number of carbonyl (C=O) groups is 1. The molecule has 1 aliphatic heterocycles. The minimum atomic E-state index is 0.0271. The summed E-state index contributed by atoms with van der Waals surface area (Å²) in [5.74, 6) is 2.02. The SMILES string of the molecule is CC(C)c1nc(-c2nnc3n2CCN(C(=O)c2ccc(-c4cccs4)cc2)C3)cs1. The standard InChI is InChI=1S/C22H21N5OS2/c1-14(2)21-23-17(13-30-21)20-25-24-19-12-26(9-10-27(19)20)22(28)16-7-5-15(6-8-16)18-4-3-11-29-18/h3-8,11,13-14H,9-10,12H2,1-2H3. The average molecular weight is 436 g/mol. The second kappa shape index (κ2) is 7.77. The van der Waals surface area contributed by atoms with Gasteiger partial charge in [-0.25, -0.2) is 4.98 Å². The molecule has 0 radical (unpaired) electrons. The molecule has 152 valence electrons. The minimum Gasteiger partial charge on any atom is -0.329 e. The van der Waals surface area contributed by atoms with Crippen LogP contribution in [0.15, 0.2) is 47.2 Å². The van der Waals surface area contributed by atoms with Gasteiger partial charge in [-0.3, -0.25) is 4.79 Å². The molecule has 3 aromatic heterocycles. The molecule has 30 heavy (non-hydrogen) atoms. The van der Waals surface area contributed by atoms with Gasteiger partial charge in [-0.1, -0.05) is 32.0 Å². The first-order valence-electron chi connectivity index (χ1n) is 9.91.